The first-order valence-electron chi connectivity index (χ1n) is 17.5. The van der Waals surface area contributed by atoms with Crippen LogP contribution in [0.15, 0.2) is 46.8 Å². The van der Waals surface area contributed by atoms with E-state index in [9.17, 15) is 27.7 Å². The van der Waals surface area contributed by atoms with E-state index < -0.39 is 27.7 Å². The van der Waals surface area contributed by atoms with Crippen LogP contribution in [-0.4, -0.2) is 82.9 Å². The Bertz CT molecular complexity index is 2580. The van der Waals surface area contributed by atoms with Crippen LogP contribution in [0.25, 0.3) is 32.2 Å². The van der Waals surface area contributed by atoms with Gasteiger partial charge in [0.15, 0.2) is 0 Å². The SMILES string of the molecule is CCN(c1ncc2nc(C)n(CC#Cc3ccc(Cl)cc3-c3ccnc4c(C(=O)NS(C)(=O)=O)csc34)c(=O)c2c1C#N)C1CCN(C2CC(F)C2)CC1. The number of sulfonamides is 1. The van der Waals surface area contributed by atoms with Gasteiger partial charge in [-0.05, 0) is 63.8 Å². The van der Waals surface area contributed by atoms with Gasteiger partial charge < -0.3 is 9.80 Å². The lowest BCUT2D eigenvalue weighted by Crippen LogP contribution is -2.52. The third kappa shape index (κ3) is 7.29. The number of piperidine rings is 1. The molecule has 5 aromatic rings. The van der Waals surface area contributed by atoms with Gasteiger partial charge in [-0.15, -0.1) is 11.3 Å². The molecule has 0 bridgehead atoms. The van der Waals surface area contributed by atoms with E-state index in [1.54, 1.807) is 42.8 Å². The predicted molar refractivity (Wildman–Crippen MR) is 208 cm³/mol. The van der Waals surface area contributed by atoms with Crippen molar-refractivity contribution < 1.29 is 17.6 Å². The molecule has 1 saturated heterocycles. The number of nitriles is 1. The number of halogens is 2. The second-order valence-corrected chi connectivity index (χ2v) is 16.6. The number of hydrogen-bond acceptors (Lipinski definition) is 11. The van der Waals surface area contributed by atoms with Crippen molar-refractivity contribution in [3.8, 4) is 29.0 Å². The van der Waals surface area contributed by atoms with E-state index in [4.69, 9.17) is 11.6 Å². The number of aryl methyl sites for hydroxylation is 1. The maximum absolute atomic E-state index is 14.1. The molecule has 2 fully saturated rings. The minimum atomic E-state index is -3.78. The van der Waals surface area contributed by atoms with Gasteiger partial charge in [0.25, 0.3) is 11.5 Å². The van der Waals surface area contributed by atoms with Gasteiger partial charge in [0.05, 0.1) is 45.7 Å². The predicted octanol–water partition coefficient (Wildman–Crippen LogP) is 5.43. The van der Waals surface area contributed by atoms with E-state index in [0.717, 1.165) is 32.2 Å². The van der Waals surface area contributed by atoms with Crippen molar-refractivity contribution in [2.75, 3.05) is 30.8 Å². The Morgan fingerprint density at radius 1 is 1.19 bits per heavy atom. The quantitative estimate of drug-likeness (QED) is 0.201. The number of anilines is 1. The second-order valence-electron chi connectivity index (χ2n) is 13.5. The van der Waals surface area contributed by atoms with Gasteiger partial charge in [-0.25, -0.2) is 27.5 Å². The van der Waals surface area contributed by atoms with Crippen LogP contribution >= 0.6 is 22.9 Å². The summed E-state index contributed by atoms with van der Waals surface area (Å²) in [5, 5.41) is 12.6. The minimum Gasteiger partial charge on any atom is -0.353 e. The molecular formula is C38H36ClFN8O4S2. The first-order valence-corrected chi connectivity index (χ1v) is 20.6. The number of alkyl halides is 1. The van der Waals surface area contributed by atoms with Gasteiger partial charge in [0.1, 0.15) is 29.4 Å². The fraction of sp³-hybridized carbons (Fsp3) is 0.368. The molecular weight excluding hydrogens is 751 g/mol. The van der Waals surface area contributed by atoms with E-state index in [1.165, 1.54) is 22.1 Å². The van der Waals surface area contributed by atoms with Gasteiger partial charge in [0, 0.05) is 65.0 Å². The molecule has 1 aliphatic heterocycles. The molecule has 5 heterocycles. The smallest absolute Gasteiger partial charge is 0.267 e. The number of carbonyl (C=O) groups is 1. The normalized spacial score (nSPS) is 17.8. The third-order valence-electron chi connectivity index (χ3n) is 10.1. The van der Waals surface area contributed by atoms with Crippen molar-refractivity contribution in [2.24, 2.45) is 0 Å². The van der Waals surface area contributed by atoms with Crippen LogP contribution in [0.5, 0.6) is 0 Å². The number of carbonyl (C=O) groups excluding carboxylic acids is 1. The van der Waals surface area contributed by atoms with E-state index in [0.29, 0.717) is 74.5 Å². The van der Waals surface area contributed by atoms with Crippen LogP contribution in [0.3, 0.4) is 0 Å². The molecule has 1 aromatic carbocycles. The summed E-state index contributed by atoms with van der Waals surface area (Å²) in [5.74, 6) is 6.36. The number of aromatic nitrogens is 4. The Hall–Kier alpha value is -4.93. The molecule has 0 unspecified atom stereocenters. The molecule has 1 N–H and O–H groups in total. The summed E-state index contributed by atoms with van der Waals surface area (Å²) in [6, 6.07) is 9.66. The molecule has 16 heteroatoms. The van der Waals surface area contributed by atoms with Crippen LogP contribution in [0.2, 0.25) is 5.02 Å². The second kappa shape index (κ2) is 15.1. The molecule has 1 amide bonds. The lowest BCUT2D eigenvalue weighted by atomic mass is 9.87. The summed E-state index contributed by atoms with van der Waals surface area (Å²) in [7, 11) is -3.78. The van der Waals surface area contributed by atoms with Crippen LogP contribution < -0.4 is 15.2 Å². The number of pyridine rings is 2. The molecule has 54 heavy (non-hydrogen) atoms. The standard InChI is InChI=1S/C38H36ClFN8O4S2/c1-4-47(26-10-14-46(15-11-26)27-17-25(40)18-27)36-30(19-41)33-32(20-43-36)44-22(2)48(38(33)50)13-5-6-23-7-8-24(39)16-29(23)28-9-12-42-34-31(21-53-35(28)34)37(49)45-54(3,51)52/h7-9,12,16,20-21,25-27H,4,10-11,13-15,17-18H2,1-3H3,(H,45,49). The summed E-state index contributed by atoms with van der Waals surface area (Å²) in [6.07, 6.45) is 6.18. The topological polar surface area (TPSA) is 154 Å². The number of hydrogen-bond donors (Lipinski definition) is 1. The van der Waals surface area contributed by atoms with E-state index in [1.807, 2.05) is 11.6 Å². The van der Waals surface area contributed by atoms with Crippen LogP contribution in [0.1, 0.15) is 59.9 Å². The lowest BCUT2D eigenvalue weighted by molar-refractivity contribution is 0.0379. The van der Waals surface area contributed by atoms with E-state index in [-0.39, 0.29) is 29.1 Å². The fourth-order valence-electron chi connectivity index (χ4n) is 7.37. The highest BCUT2D eigenvalue weighted by Crippen LogP contribution is 2.37. The van der Waals surface area contributed by atoms with Gasteiger partial charge in [-0.2, -0.15) is 5.26 Å². The molecule has 0 radical (unpaired) electrons. The fourth-order valence-corrected chi connectivity index (χ4v) is 9.03. The lowest BCUT2D eigenvalue weighted by Gasteiger charge is -2.45. The monoisotopic (exact) mass is 786 g/mol. The number of benzene rings is 1. The highest BCUT2D eigenvalue weighted by molar-refractivity contribution is 7.89. The zero-order chi connectivity index (χ0) is 38.3. The molecule has 4 aromatic heterocycles. The van der Waals surface area contributed by atoms with Crippen LogP contribution in [0, 0.1) is 30.1 Å². The molecule has 1 saturated carbocycles. The largest absolute Gasteiger partial charge is 0.353 e. The summed E-state index contributed by atoms with van der Waals surface area (Å²) >= 11 is 7.67. The number of rotatable bonds is 8. The zero-order valence-corrected chi connectivity index (χ0v) is 32.2. The number of nitrogens with one attached hydrogen (secondary N) is 1. The number of amides is 1. The molecule has 0 atom stereocenters. The van der Waals surface area contributed by atoms with Crippen molar-refractivity contribution in [1.29, 1.82) is 5.26 Å². The molecule has 0 spiro atoms. The molecule has 12 nitrogen and oxygen atoms in total. The summed E-state index contributed by atoms with van der Waals surface area (Å²) in [5.41, 5.74) is 2.52. The number of fused-ring (bicyclic) bond motifs is 2. The minimum absolute atomic E-state index is 0.0182. The Morgan fingerprint density at radius 2 is 1.94 bits per heavy atom. The van der Waals surface area contributed by atoms with Crippen LogP contribution in [0.4, 0.5) is 10.2 Å². The van der Waals surface area contributed by atoms with Gasteiger partial charge in [-0.1, -0.05) is 23.4 Å². The number of thiophene rings is 1. The first kappa shape index (κ1) is 37.4. The van der Waals surface area contributed by atoms with E-state index in [2.05, 4.69) is 42.7 Å². The molecule has 278 valence electrons. The third-order valence-corrected chi connectivity index (χ3v) is 11.9. The average Bonchev–Trinajstić information content (AvgIpc) is 3.57. The zero-order valence-electron chi connectivity index (χ0n) is 29.8. The van der Waals surface area contributed by atoms with E-state index >= 15 is 0 Å². The van der Waals surface area contributed by atoms with Crippen LogP contribution in [-0.2, 0) is 16.6 Å². The number of nitrogens with zero attached hydrogens (tertiary/aromatic N) is 7. The Kier molecular flexibility index (Phi) is 10.4. The Morgan fingerprint density at radius 3 is 2.63 bits per heavy atom. The summed E-state index contributed by atoms with van der Waals surface area (Å²) < 4.78 is 41.0. The van der Waals surface area contributed by atoms with Crippen molar-refractivity contribution in [3.05, 3.63) is 79.9 Å². The maximum Gasteiger partial charge on any atom is 0.267 e. The summed E-state index contributed by atoms with van der Waals surface area (Å²) in [6.45, 7) is 5.99. The van der Waals surface area contributed by atoms with Crippen molar-refractivity contribution in [3.63, 3.8) is 0 Å². The summed E-state index contributed by atoms with van der Waals surface area (Å²) in [4.78, 5) is 45.0. The van der Waals surface area contributed by atoms with Crippen molar-refractivity contribution in [1.82, 2.24) is 29.1 Å². The molecule has 7 rings (SSSR count). The first-order chi connectivity index (χ1) is 25.9. The van der Waals surface area contributed by atoms with Crippen molar-refractivity contribution in [2.45, 2.75) is 64.3 Å². The average molecular weight is 787 g/mol. The van der Waals surface area contributed by atoms with Gasteiger partial charge in [-0.3, -0.25) is 19.1 Å². The highest BCUT2D eigenvalue weighted by atomic mass is 35.5. The van der Waals surface area contributed by atoms with Gasteiger partial charge >= 0.3 is 0 Å². The Balaban J connectivity index is 1.20. The maximum atomic E-state index is 14.1. The number of likely N-dealkylation sites (tertiary alicyclic amines) is 1. The molecule has 1 aliphatic carbocycles. The van der Waals surface area contributed by atoms with Crippen molar-refractivity contribution >= 4 is 65.8 Å². The van der Waals surface area contributed by atoms with Gasteiger partial charge in [0.2, 0.25) is 10.0 Å². The highest BCUT2D eigenvalue weighted by Gasteiger charge is 2.37. The molecule has 2 aliphatic rings. The Labute approximate surface area is 320 Å².